The Morgan fingerprint density at radius 3 is 1.93 bits per heavy atom. The molecule has 0 bridgehead atoms. The highest BCUT2D eigenvalue weighted by Gasteiger charge is 2.45. The van der Waals surface area contributed by atoms with Gasteiger partial charge in [-0.3, -0.25) is 9.13 Å². The number of anilines is 2. The molecule has 16 nitrogen and oxygen atoms in total. The number of rotatable bonds is 5. The normalized spacial score (nSPS) is 31.0. The van der Waals surface area contributed by atoms with Crippen LogP contribution in [0.4, 0.5) is 11.6 Å². The lowest BCUT2D eigenvalue weighted by Crippen LogP contribution is -2.35. The van der Waals surface area contributed by atoms with Gasteiger partial charge in [0.2, 0.25) is 0 Å². The third-order valence-electron chi connectivity index (χ3n) is 6.74. The second-order valence-corrected chi connectivity index (χ2v) is 10.9. The van der Waals surface area contributed by atoms with E-state index in [-0.39, 0.29) is 11.6 Å². The predicted molar refractivity (Wildman–Crippen MR) is 148 cm³/mol. The van der Waals surface area contributed by atoms with Gasteiger partial charge in [-0.05, 0) is 13.2 Å². The largest absolute Gasteiger partial charge is 0.391 e. The molecule has 0 aromatic carbocycles. The van der Waals surface area contributed by atoms with Gasteiger partial charge >= 0.3 is 0 Å². The van der Waals surface area contributed by atoms with Crippen LogP contribution in [0.25, 0.3) is 22.3 Å². The lowest BCUT2D eigenvalue weighted by molar-refractivity contribution is -0.0749. The summed E-state index contributed by atoms with van der Waals surface area (Å²) in [5.74, 6) is 1.14. The molecule has 0 spiro atoms. The summed E-state index contributed by atoms with van der Waals surface area (Å²) in [4.78, 5) is 24.2. The molecule has 40 heavy (non-hydrogen) atoms. The molecule has 8 N–H and O–H groups in total. The van der Waals surface area contributed by atoms with E-state index in [1.807, 2.05) is 6.26 Å². The number of hydrogen-bond donors (Lipinski definition) is 7. The number of thiol groups is 1. The molecule has 1 unspecified atom stereocenters. The van der Waals surface area contributed by atoms with Crippen LogP contribution in [0.1, 0.15) is 19.4 Å². The van der Waals surface area contributed by atoms with Gasteiger partial charge in [0.15, 0.2) is 35.4 Å². The van der Waals surface area contributed by atoms with Gasteiger partial charge in [-0.1, -0.05) is 0 Å². The fourth-order valence-electron chi connectivity index (χ4n) is 4.69. The molecule has 6 heterocycles. The highest BCUT2D eigenvalue weighted by molar-refractivity contribution is 7.98. The minimum Gasteiger partial charge on any atom is -0.391 e. The molecular weight excluding hydrogens is 564 g/mol. The van der Waals surface area contributed by atoms with Crippen molar-refractivity contribution in [3.63, 3.8) is 0 Å². The van der Waals surface area contributed by atoms with E-state index in [9.17, 15) is 20.4 Å². The van der Waals surface area contributed by atoms with E-state index < -0.39 is 54.3 Å². The Hall–Kier alpha value is -2.84. The average Bonchev–Trinajstić information content (AvgIpc) is 3.68. The van der Waals surface area contributed by atoms with Crippen molar-refractivity contribution in [2.75, 3.05) is 23.5 Å². The second-order valence-electron chi connectivity index (χ2n) is 9.38. The van der Waals surface area contributed by atoms with Crippen LogP contribution in [0.3, 0.4) is 0 Å². The molecule has 0 radical (unpaired) electrons. The number of imidazole rings is 2. The zero-order valence-electron chi connectivity index (χ0n) is 21.4. The predicted octanol–water partition coefficient (Wildman–Crippen LogP) is -1.26. The first-order valence-corrected chi connectivity index (χ1v) is 14.1. The van der Waals surface area contributed by atoms with Gasteiger partial charge in [0.1, 0.15) is 42.0 Å². The monoisotopic (exact) mass is 594 g/mol. The third kappa shape index (κ3) is 5.05. The zero-order chi connectivity index (χ0) is 28.7. The van der Waals surface area contributed by atoms with Crippen molar-refractivity contribution < 1.29 is 29.9 Å². The van der Waals surface area contributed by atoms with Crippen LogP contribution >= 0.6 is 24.4 Å². The van der Waals surface area contributed by atoms with Crippen molar-refractivity contribution in [3.05, 3.63) is 25.3 Å². The van der Waals surface area contributed by atoms with Crippen LogP contribution in [0.5, 0.6) is 0 Å². The summed E-state index contributed by atoms with van der Waals surface area (Å²) in [6.07, 6.45) is 1.43. The standard InChI is InChI=1S/2C11H15N5O3S/c1-20-2-5-7(17)8(18)11(19-5)16-4-15-6-9(12)13-3-14-10(6)16;1-4(17)7-6(18)8(20)11(19-7)16-3-15-5-9(12)13-2-14-10(5)16/h3-5,7-8,11,17-18H,2H2,1H3,(H2,12,13,14);2-4,6-8,11,17-18,20H,1H3,(H2,12,13,14)/t5-,7-,8-,11-;4?,6-,7-,8-,11-/m11/s1. The quantitative estimate of drug-likeness (QED) is 0.133. The van der Waals surface area contributed by atoms with Crippen LogP contribution in [0.15, 0.2) is 25.3 Å². The summed E-state index contributed by atoms with van der Waals surface area (Å²) < 4.78 is 14.6. The van der Waals surface area contributed by atoms with Gasteiger partial charge < -0.3 is 41.4 Å². The topological polar surface area (TPSA) is 239 Å². The Kier molecular flexibility index (Phi) is 8.30. The Bertz CT molecular complexity index is 1470. The molecule has 4 aromatic heterocycles. The molecule has 2 saturated heterocycles. The van der Waals surface area contributed by atoms with Gasteiger partial charge in [-0.15, -0.1) is 0 Å². The first-order valence-electron chi connectivity index (χ1n) is 12.2. The maximum absolute atomic E-state index is 10.1. The minimum absolute atomic E-state index is 0.266. The number of thioether (sulfide) groups is 1. The van der Waals surface area contributed by atoms with Crippen LogP contribution in [0, 0.1) is 0 Å². The van der Waals surface area contributed by atoms with E-state index in [2.05, 4.69) is 42.5 Å². The van der Waals surface area contributed by atoms with Crippen molar-refractivity contribution in [1.29, 1.82) is 0 Å². The van der Waals surface area contributed by atoms with E-state index in [4.69, 9.17) is 20.9 Å². The van der Waals surface area contributed by atoms with E-state index in [1.54, 1.807) is 27.8 Å². The molecule has 2 aliphatic heterocycles. The maximum atomic E-state index is 10.1. The fourth-order valence-corrected chi connectivity index (χ4v) is 5.68. The number of ether oxygens (including phenoxy) is 2. The Morgan fingerprint density at radius 2 is 1.43 bits per heavy atom. The van der Waals surface area contributed by atoms with Crippen molar-refractivity contribution in [2.45, 2.75) is 61.3 Å². The molecule has 6 rings (SSSR count). The van der Waals surface area contributed by atoms with E-state index in [0.29, 0.717) is 28.1 Å². The van der Waals surface area contributed by atoms with Crippen molar-refractivity contribution in [3.8, 4) is 0 Å². The molecule has 216 valence electrons. The highest BCUT2D eigenvalue weighted by Crippen LogP contribution is 2.36. The molecule has 2 aliphatic rings. The van der Waals surface area contributed by atoms with Gasteiger partial charge in [0.25, 0.3) is 0 Å². The lowest BCUT2D eigenvalue weighted by atomic mass is 10.1. The minimum atomic E-state index is -1.04. The summed E-state index contributed by atoms with van der Waals surface area (Å²) >= 11 is 5.91. The third-order valence-corrected chi connectivity index (χ3v) is 7.96. The van der Waals surface area contributed by atoms with Crippen molar-refractivity contribution >= 4 is 58.4 Å². The Labute approximate surface area is 237 Å². The van der Waals surface area contributed by atoms with Crippen LogP contribution < -0.4 is 11.5 Å². The smallest absolute Gasteiger partial charge is 0.167 e. The lowest BCUT2D eigenvalue weighted by Gasteiger charge is -2.17. The number of aliphatic hydroxyl groups excluding tert-OH is 4. The summed E-state index contributed by atoms with van der Waals surface area (Å²) in [6.45, 7) is 1.56. The average molecular weight is 595 g/mol. The van der Waals surface area contributed by atoms with E-state index in [0.717, 1.165) is 0 Å². The summed E-state index contributed by atoms with van der Waals surface area (Å²) in [7, 11) is 0. The number of aliphatic hydroxyl groups is 4. The number of nitrogens with zero attached hydrogens (tertiary/aromatic N) is 8. The fraction of sp³-hybridized carbons (Fsp3) is 0.545. The molecule has 9 atom stereocenters. The van der Waals surface area contributed by atoms with Crippen molar-refractivity contribution in [2.24, 2.45) is 0 Å². The van der Waals surface area contributed by atoms with Gasteiger partial charge in [-0.2, -0.15) is 24.4 Å². The van der Waals surface area contributed by atoms with Gasteiger partial charge in [0.05, 0.1) is 36.2 Å². The van der Waals surface area contributed by atoms with Gasteiger partial charge in [-0.25, -0.2) is 29.9 Å². The van der Waals surface area contributed by atoms with E-state index in [1.165, 1.54) is 25.3 Å². The second kappa shape index (κ2) is 11.6. The number of hydrogen-bond acceptors (Lipinski definition) is 16. The number of fused-ring (bicyclic) bond motifs is 2. The summed E-state index contributed by atoms with van der Waals surface area (Å²) in [5.41, 5.74) is 13.3. The number of nitrogen functional groups attached to an aromatic ring is 2. The molecule has 0 amide bonds. The SMILES string of the molecule is CC(O)[C@H]1O[C@@H](n2cnc3c(N)ncnc32)[C@H](S)[C@@H]1O.CSC[C@H]1O[C@@H](n2cnc3c(N)ncnc32)[C@H](O)[C@@H]1O. The number of aromatic nitrogens is 8. The highest BCUT2D eigenvalue weighted by atomic mass is 32.2. The number of nitrogens with two attached hydrogens (primary N) is 2. The van der Waals surface area contributed by atoms with Crippen LogP contribution in [-0.4, -0.2) is 113 Å². The molecule has 18 heteroatoms. The summed E-state index contributed by atoms with van der Waals surface area (Å²) in [6, 6.07) is 0. The molecule has 4 aromatic rings. The first-order chi connectivity index (χ1) is 19.1. The molecule has 0 saturated carbocycles. The van der Waals surface area contributed by atoms with Crippen LogP contribution in [-0.2, 0) is 9.47 Å². The Morgan fingerprint density at radius 1 is 0.875 bits per heavy atom. The van der Waals surface area contributed by atoms with Gasteiger partial charge in [0, 0.05) is 5.75 Å². The molecule has 0 aliphatic carbocycles. The van der Waals surface area contributed by atoms with Crippen LogP contribution in [0.2, 0.25) is 0 Å². The summed E-state index contributed by atoms with van der Waals surface area (Å²) in [5, 5.41) is 39.3. The zero-order valence-corrected chi connectivity index (χ0v) is 23.1. The van der Waals surface area contributed by atoms with Crippen molar-refractivity contribution in [1.82, 2.24) is 39.0 Å². The molecule has 2 fully saturated rings. The maximum Gasteiger partial charge on any atom is 0.167 e. The Balaban J connectivity index is 0.000000161. The first kappa shape index (κ1) is 28.7. The molecular formula is C22H30N10O6S2. The van der Waals surface area contributed by atoms with E-state index >= 15 is 0 Å².